The quantitative estimate of drug-likeness (QED) is 0.846. The molecule has 1 aliphatic heterocycles. The molecule has 0 bridgehead atoms. The molecule has 1 aromatic heterocycles. The Hall–Kier alpha value is 0.0600. The molecule has 1 aliphatic rings. The molecule has 0 spiro atoms. The van der Waals surface area contributed by atoms with Crippen molar-refractivity contribution in [2.24, 2.45) is 5.41 Å². The highest BCUT2D eigenvalue weighted by atomic mass is 79.9. The van der Waals surface area contributed by atoms with E-state index in [1.165, 1.54) is 4.88 Å². The lowest BCUT2D eigenvalue weighted by Crippen LogP contribution is -2.35. The van der Waals surface area contributed by atoms with Gasteiger partial charge in [0, 0.05) is 46.4 Å². The number of thiophene rings is 1. The second-order valence-electron chi connectivity index (χ2n) is 4.61. The van der Waals surface area contributed by atoms with Gasteiger partial charge < -0.3 is 15.2 Å². The zero-order valence-electron chi connectivity index (χ0n) is 9.75. The summed E-state index contributed by atoms with van der Waals surface area (Å²) in [7, 11) is 0. The highest BCUT2D eigenvalue weighted by Gasteiger charge is 2.33. The Kier molecular flexibility index (Phi) is 4.99. The summed E-state index contributed by atoms with van der Waals surface area (Å²) < 4.78 is 6.61. The van der Waals surface area contributed by atoms with Crippen molar-refractivity contribution >= 4 is 27.3 Å². The Bertz CT molecular complexity index is 350. The molecule has 3 nitrogen and oxygen atoms in total. The summed E-state index contributed by atoms with van der Waals surface area (Å²) in [5, 5.41) is 14.7. The Morgan fingerprint density at radius 3 is 3.06 bits per heavy atom. The molecule has 2 heterocycles. The number of halogens is 1. The number of hydrogen-bond acceptors (Lipinski definition) is 4. The molecule has 0 amide bonds. The smallest absolute Gasteiger partial charge is 0.0536 e. The lowest BCUT2D eigenvalue weighted by molar-refractivity contribution is 0.124. The minimum atomic E-state index is 0.142. The van der Waals surface area contributed by atoms with E-state index in [1.807, 2.05) is 0 Å². The SMILES string of the molecule is OCCC1(CNCc2cc(Br)cs2)CCOC1. The molecule has 0 radical (unpaired) electrons. The Morgan fingerprint density at radius 2 is 2.47 bits per heavy atom. The van der Waals surface area contributed by atoms with E-state index in [4.69, 9.17) is 9.84 Å². The third-order valence-corrected chi connectivity index (χ3v) is 4.95. The third-order valence-electron chi connectivity index (χ3n) is 3.25. The molecule has 0 aromatic carbocycles. The van der Waals surface area contributed by atoms with E-state index in [0.717, 1.165) is 43.6 Å². The summed E-state index contributed by atoms with van der Waals surface area (Å²) in [5.41, 5.74) is 0.142. The highest BCUT2D eigenvalue weighted by molar-refractivity contribution is 9.10. The van der Waals surface area contributed by atoms with Crippen molar-refractivity contribution < 1.29 is 9.84 Å². The molecule has 17 heavy (non-hydrogen) atoms. The summed E-state index contributed by atoms with van der Waals surface area (Å²) in [6.45, 7) is 3.66. The zero-order chi connectivity index (χ0) is 12.1. The molecule has 0 aliphatic carbocycles. The molecule has 5 heteroatoms. The fourth-order valence-electron chi connectivity index (χ4n) is 2.21. The molecule has 1 unspecified atom stereocenters. The zero-order valence-corrected chi connectivity index (χ0v) is 12.1. The van der Waals surface area contributed by atoms with Crippen molar-refractivity contribution in [3.8, 4) is 0 Å². The second-order valence-corrected chi connectivity index (χ2v) is 6.52. The Morgan fingerprint density at radius 1 is 1.59 bits per heavy atom. The van der Waals surface area contributed by atoms with E-state index in [-0.39, 0.29) is 12.0 Å². The summed E-state index contributed by atoms with van der Waals surface area (Å²) in [6, 6.07) is 2.14. The van der Waals surface area contributed by atoms with Gasteiger partial charge in [-0.25, -0.2) is 0 Å². The molecule has 2 N–H and O–H groups in total. The van der Waals surface area contributed by atoms with E-state index in [0.29, 0.717) is 0 Å². The third kappa shape index (κ3) is 3.76. The van der Waals surface area contributed by atoms with Crippen LogP contribution in [0.1, 0.15) is 17.7 Å². The van der Waals surface area contributed by atoms with Crippen LogP contribution in [0.3, 0.4) is 0 Å². The van der Waals surface area contributed by atoms with E-state index >= 15 is 0 Å². The standard InChI is InChI=1S/C12H18BrNO2S/c13-10-5-11(17-7-10)6-14-8-12(1-3-15)2-4-16-9-12/h5,7,14-15H,1-4,6,8-9H2. The molecule has 1 fully saturated rings. The van der Waals surface area contributed by atoms with Crippen LogP contribution < -0.4 is 5.32 Å². The first kappa shape index (κ1) is 13.5. The maximum absolute atomic E-state index is 9.12. The van der Waals surface area contributed by atoms with E-state index < -0.39 is 0 Å². The predicted molar refractivity (Wildman–Crippen MR) is 73.3 cm³/mol. The van der Waals surface area contributed by atoms with Gasteiger partial charge in [-0.3, -0.25) is 0 Å². The van der Waals surface area contributed by atoms with Gasteiger partial charge in [0.2, 0.25) is 0 Å². The summed E-state index contributed by atoms with van der Waals surface area (Å²) >= 11 is 5.21. The van der Waals surface area contributed by atoms with Crippen molar-refractivity contribution in [2.75, 3.05) is 26.4 Å². The lowest BCUT2D eigenvalue weighted by Gasteiger charge is -2.26. The molecule has 1 aromatic rings. The fraction of sp³-hybridized carbons (Fsp3) is 0.667. The van der Waals surface area contributed by atoms with Crippen LogP contribution in [0.15, 0.2) is 15.9 Å². The average Bonchev–Trinajstić information content (AvgIpc) is 2.90. The van der Waals surface area contributed by atoms with Crippen molar-refractivity contribution in [1.82, 2.24) is 5.32 Å². The minimum absolute atomic E-state index is 0.142. The maximum Gasteiger partial charge on any atom is 0.0536 e. The van der Waals surface area contributed by atoms with Crippen LogP contribution in [0.25, 0.3) is 0 Å². The molecule has 1 atom stereocenters. The largest absolute Gasteiger partial charge is 0.396 e. The summed E-state index contributed by atoms with van der Waals surface area (Å²) in [5.74, 6) is 0. The van der Waals surface area contributed by atoms with Gasteiger partial charge in [0.15, 0.2) is 0 Å². The van der Waals surface area contributed by atoms with Gasteiger partial charge in [0.05, 0.1) is 6.61 Å². The van der Waals surface area contributed by atoms with Crippen LogP contribution in [-0.2, 0) is 11.3 Å². The van der Waals surface area contributed by atoms with E-state index in [1.54, 1.807) is 11.3 Å². The minimum Gasteiger partial charge on any atom is -0.396 e. The van der Waals surface area contributed by atoms with Crippen LogP contribution in [-0.4, -0.2) is 31.5 Å². The maximum atomic E-state index is 9.12. The number of ether oxygens (including phenoxy) is 1. The van der Waals surface area contributed by atoms with Crippen LogP contribution in [0.5, 0.6) is 0 Å². The van der Waals surface area contributed by atoms with Crippen molar-refractivity contribution in [3.63, 3.8) is 0 Å². The van der Waals surface area contributed by atoms with Crippen LogP contribution in [0, 0.1) is 5.41 Å². The van der Waals surface area contributed by atoms with E-state index in [9.17, 15) is 0 Å². The topological polar surface area (TPSA) is 41.5 Å². The molecular formula is C12H18BrNO2S. The van der Waals surface area contributed by atoms with Crippen LogP contribution in [0.4, 0.5) is 0 Å². The van der Waals surface area contributed by atoms with Gasteiger partial charge in [0.25, 0.3) is 0 Å². The fourth-order valence-corrected chi connectivity index (χ4v) is 3.63. The first-order chi connectivity index (χ1) is 8.24. The second kappa shape index (κ2) is 6.29. The van der Waals surface area contributed by atoms with Gasteiger partial charge in [-0.05, 0) is 34.8 Å². The normalized spacial score (nSPS) is 24.4. The Labute approximate surface area is 114 Å². The lowest BCUT2D eigenvalue weighted by atomic mass is 9.84. The number of aliphatic hydroxyl groups is 1. The van der Waals surface area contributed by atoms with Gasteiger partial charge in [-0.15, -0.1) is 11.3 Å². The predicted octanol–water partition coefficient (Wildman–Crippen LogP) is 2.39. The summed E-state index contributed by atoms with van der Waals surface area (Å²) in [6.07, 6.45) is 1.88. The molecule has 96 valence electrons. The molecular weight excluding hydrogens is 302 g/mol. The highest BCUT2D eigenvalue weighted by Crippen LogP contribution is 2.31. The Balaban J connectivity index is 1.79. The van der Waals surface area contributed by atoms with Gasteiger partial charge in [-0.2, -0.15) is 0 Å². The molecule has 0 saturated carbocycles. The van der Waals surface area contributed by atoms with Crippen molar-refractivity contribution in [3.05, 3.63) is 20.8 Å². The van der Waals surface area contributed by atoms with Gasteiger partial charge in [-0.1, -0.05) is 0 Å². The summed E-state index contributed by atoms with van der Waals surface area (Å²) in [4.78, 5) is 1.33. The van der Waals surface area contributed by atoms with Crippen molar-refractivity contribution in [2.45, 2.75) is 19.4 Å². The van der Waals surface area contributed by atoms with Gasteiger partial charge in [0.1, 0.15) is 0 Å². The monoisotopic (exact) mass is 319 g/mol. The number of nitrogens with one attached hydrogen (secondary N) is 1. The van der Waals surface area contributed by atoms with Crippen LogP contribution in [0.2, 0.25) is 0 Å². The van der Waals surface area contributed by atoms with E-state index in [2.05, 4.69) is 32.7 Å². The first-order valence-corrected chi connectivity index (χ1v) is 7.54. The first-order valence-electron chi connectivity index (χ1n) is 5.86. The van der Waals surface area contributed by atoms with Gasteiger partial charge >= 0.3 is 0 Å². The average molecular weight is 320 g/mol. The van der Waals surface area contributed by atoms with Crippen LogP contribution >= 0.6 is 27.3 Å². The number of rotatable bonds is 6. The molecule has 2 rings (SSSR count). The van der Waals surface area contributed by atoms with Crippen molar-refractivity contribution in [1.29, 1.82) is 0 Å². The molecule has 1 saturated heterocycles. The number of aliphatic hydroxyl groups excluding tert-OH is 1. The number of hydrogen-bond donors (Lipinski definition) is 2.